The second-order valence-corrected chi connectivity index (χ2v) is 7.82. The van der Waals surface area contributed by atoms with Crippen molar-refractivity contribution < 1.29 is 9.53 Å². The molecule has 1 heterocycles. The molecule has 0 unspecified atom stereocenters. The van der Waals surface area contributed by atoms with E-state index in [0.717, 1.165) is 18.2 Å². The van der Waals surface area contributed by atoms with Crippen LogP contribution in [0.15, 0.2) is 24.3 Å². The van der Waals surface area contributed by atoms with Crippen molar-refractivity contribution in [2.45, 2.75) is 27.7 Å². The molecular weight excluding hydrogens is 350 g/mol. The third kappa shape index (κ3) is 5.87. The highest BCUT2D eigenvalue weighted by Crippen LogP contribution is 2.27. The number of hydrogen-bond acceptors (Lipinski definition) is 6. The lowest BCUT2D eigenvalue weighted by Gasteiger charge is -2.25. The zero-order valence-electron chi connectivity index (χ0n) is 15.9. The molecule has 0 aliphatic carbocycles. The van der Waals surface area contributed by atoms with E-state index in [1.807, 2.05) is 12.1 Å². The molecule has 2 N–H and O–H groups in total. The molecule has 1 aromatic heterocycles. The Morgan fingerprint density at radius 1 is 1.12 bits per heavy atom. The number of carbonyl (C=O) groups is 1. The summed E-state index contributed by atoms with van der Waals surface area (Å²) in [7, 11) is 1.56. The van der Waals surface area contributed by atoms with Crippen molar-refractivity contribution in [2.75, 3.05) is 35.7 Å². The Morgan fingerprint density at radius 3 is 2.38 bits per heavy atom. The molecule has 0 atom stereocenters. The van der Waals surface area contributed by atoms with Gasteiger partial charge in [0.05, 0.1) is 12.8 Å². The molecule has 1 aromatic carbocycles. The molecular formula is C18H27N5O2S. The maximum absolute atomic E-state index is 12.2. The molecule has 0 saturated carbocycles. The van der Waals surface area contributed by atoms with Crippen LogP contribution in [-0.4, -0.2) is 36.4 Å². The number of para-hydroxylation sites is 2. The smallest absolute Gasteiger partial charge is 0.325 e. The van der Waals surface area contributed by atoms with Gasteiger partial charge < -0.3 is 15.0 Å². The summed E-state index contributed by atoms with van der Waals surface area (Å²) in [6, 6.07) is 6.86. The molecule has 8 heteroatoms. The number of rotatable bonds is 8. The predicted molar refractivity (Wildman–Crippen MR) is 107 cm³/mol. The van der Waals surface area contributed by atoms with E-state index < -0.39 is 0 Å². The number of methoxy groups -OCH3 is 1. The third-order valence-electron chi connectivity index (χ3n) is 3.43. The maximum atomic E-state index is 12.2. The fourth-order valence-corrected chi connectivity index (χ4v) is 3.26. The Hall–Kier alpha value is -2.35. The number of hydrogen-bond donors (Lipinski definition) is 2. The zero-order chi connectivity index (χ0) is 19.1. The van der Waals surface area contributed by atoms with Gasteiger partial charge in [0.25, 0.3) is 0 Å². The summed E-state index contributed by atoms with van der Waals surface area (Å²) in [6.45, 7) is 10.5. The predicted octanol–water partition coefficient (Wildman–Crippen LogP) is 4.31. The van der Waals surface area contributed by atoms with Crippen LogP contribution in [-0.2, 0) is 0 Å². The lowest BCUT2D eigenvalue weighted by molar-refractivity contribution is 0.262. The van der Waals surface area contributed by atoms with Gasteiger partial charge >= 0.3 is 6.03 Å². The number of benzene rings is 1. The van der Waals surface area contributed by atoms with E-state index in [4.69, 9.17) is 4.74 Å². The molecule has 0 aliphatic heterocycles. The van der Waals surface area contributed by atoms with Crippen LogP contribution in [0.25, 0.3) is 0 Å². The molecule has 0 aliphatic rings. The molecule has 2 rings (SSSR count). The van der Waals surface area contributed by atoms with Gasteiger partial charge in [-0.25, -0.2) is 4.79 Å². The number of aromatic nitrogens is 2. The van der Waals surface area contributed by atoms with Gasteiger partial charge in [0.1, 0.15) is 5.75 Å². The number of amides is 2. The lowest BCUT2D eigenvalue weighted by Crippen LogP contribution is -2.31. The maximum Gasteiger partial charge on any atom is 0.325 e. The van der Waals surface area contributed by atoms with Crippen LogP contribution >= 0.6 is 11.3 Å². The van der Waals surface area contributed by atoms with Gasteiger partial charge in [-0.3, -0.25) is 5.32 Å². The Morgan fingerprint density at radius 2 is 1.77 bits per heavy atom. The standard InChI is InChI=1S/C18H27N5O2S/c1-12(2)10-23(11-13(3)4)18-22-21-17(26-18)20-16(24)19-14-8-6-7-9-15(14)25-5/h6-9,12-13H,10-11H2,1-5H3,(H2,19,20,21,24). The monoisotopic (exact) mass is 377 g/mol. The quantitative estimate of drug-likeness (QED) is 0.717. The van der Waals surface area contributed by atoms with Crippen LogP contribution in [0.4, 0.5) is 20.7 Å². The van der Waals surface area contributed by atoms with Gasteiger partial charge in [-0.15, -0.1) is 10.2 Å². The highest BCUT2D eigenvalue weighted by molar-refractivity contribution is 7.19. The summed E-state index contributed by atoms with van der Waals surface area (Å²) in [4.78, 5) is 14.5. The van der Waals surface area contributed by atoms with E-state index in [0.29, 0.717) is 28.4 Å². The van der Waals surface area contributed by atoms with Crippen LogP contribution in [0.2, 0.25) is 0 Å². The molecule has 7 nitrogen and oxygen atoms in total. The summed E-state index contributed by atoms with van der Waals surface area (Å²) in [5, 5.41) is 15.1. The minimum absolute atomic E-state index is 0.378. The van der Waals surface area contributed by atoms with Crippen molar-refractivity contribution in [1.82, 2.24) is 10.2 Å². The first-order chi connectivity index (χ1) is 12.4. The average molecular weight is 378 g/mol. The first-order valence-electron chi connectivity index (χ1n) is 8.68. The Kier molecular flexibility index (Phi) is 7.20. The second kappa shape index (κ2) is 9.38. The molecule has 0 saturated heterocycles. The number of anilines is 3. The first-order valence-corrected chi connectivity index (χ1v) is 9.50. The van der Waals surface area contributed by atoms with E-state index in [1.54, 1.807) is 19.2 Å². The van der Waals surface area contributed by atoms with Crippen LogP contribution in [0.5, 0.6) is 5.75 Å². The fraction of sp³-hybridized carbons (Fsp3) is 0.500. The highest BCUT2D eigenvalue weighted by atomic mass is 32.1. The molecule has 2 amide bonds. The largest absolute Gasteiger partial charge is 0.495 e. The van der Waals surface area contributed by atoms with E-state index >= 15 is 0 Å². The number of ether oxygens (including phenoxy) is 1. The van der Waals surface area contributed by atoms with Crippen LogP contribution in [0, 0.1) is 11.8 Å². The number of nitrogens with one attached hydrogen (secondary N) is 2. The van der Waals surface area contributed by atoms with E-state index in [1.165, 1.54) is 11.3 Å². The van der Waals surface area contributed by atoms with Gasteiger partial charge in [0.2, 0.25) is 10.3 Å². The lowest BCUT2D eigenvalue weighted by atomic mass is 10.1. The average Bonchev–Trinajstić information content (AvgIpc) is 3.02. The molecule has 0 bridgehead atoms. The highest BCUT2D eigenvalue weighted by Gasteiger charge is 2.17. The Balaban J connectivity index is 2.03. The van der Waals surface area contributed by atoms with Crippen LogP contribution in [0.3, 0.4) is 0 Å². The summed E-state index contributed by atoms with van der Waals surface area (Å²) in [5.41, 5.74) is 0.596. The number of carbonyl (C=O) groups excluding carboxylic acids is 1. The van der Waals surface area contributed by atoms with Crippen molar-refractivity contribution >= 4 is 33.3 Å². The Bertz CT molecular complexity index is 707. The van der Waals surface area contributed by atoms with Crippen molar-refractivity contribution in [1.29, 1.82) is 0 Å². The molecule has 0 spiro atoms. The van der Waals surface area contributed by atoms with Crippen molar-refractivity contribution in [3.05, 3.63) is 24.3 Å². The summed E-state index contributed by atoms with van der Waals surface area (Å²) in [5.74, 6) is 1.63. The van der Waals surface area contributed by atoms with E-state index in [-0.39, 0.29) is 6.03 Å². The van der Waals surface area contributed by atoms with E-state index in [2.05, 4.69) is 53.4 Å². The molecule has 0 fully saturated rings. The molecule has 142 valence electrons. The second-order valence-electron chi connectivity index (χ2n) is 6.86. The van der Waals surface area contributed by atoms with Crippen molar-refractivity contribution in [3.63, 3.8) is 0 Å². The van der Waals surface area contributed by atoms with Crippen molar-refractivity contribution in [2.24, 2.45) is 11.8 Å². The summed E-state index contributed by atoms with van der Waals surface area (Å²) in [6.07, 6.45) is 0. The van der Waals surface area contributed by atoms with Gasteiger partial charge in [-0.05, 0) is 24.0 Å². The Labute approximate surface area is 158 Å². The molecule has 26 heavy (non-hydrogen) atoms. The van der Waals surface area contributed by atoms with Gasteiger partial charge in [0, 0.05) is 13.1 Å². The first kappa shape index (κ1) is 20.0. The fourth-order valence-electron chi connectivity index (χ4n) is 2.50. The molecule has 0 radical (unpaired) electrons. The van der Waals surface area contributed by atoms with Crippen LogP contribution in [0.1, 0.15) is 27.7 Å². The van der Waals surface area contributed by atoms with Crippen LogP contribution < -0.4 is 20.3 Å². The third-order valence-corrected chi connectivity index (χ3v) is 4.33. The molecule has 2 aromatic rings. The topological polar surface area (TPSA) is 79.4 Å². The van der Waals surface area contributed by atoms with Crippen molar-refractivity contribution in [3.8, 4) is 5.75 Å². The normalized spacial score (nSPS) is 10.9. The zero-order valence-corrected chi connectivity index (χ0v) is 16.8. The van der Waals surface area contributed by atoms with Gasteiger partial charge in [-0.1, -0.05) is 51.2 Å². The number of urea groups is 1. The minimum atomic E-state index is -0.378. The van der Waals surface area contributed by atoms with Gasteiger partial charge in [0.15, 0.2) is 0 Å². The summed E-state index contributed by atoms with van der Waals surface area (Å²) >= 11 is 1.37. The number of nitrogens with zero attached hydrogens (tertiary/aromatic N) is 3. The SMILES string of the molecule is COc1ccccc1NC(=O)Nc1nnc(N(CC(C)C)CC(C)C)s1. The van der Waals surface area contributed by atoms with Gasteiger partial charge in [-0.2, -0.15) is 0 Å². The summed E-state index contributed by atoms with van der Waals surface area (Å²) < 4.78 is 5.23. The minimum Gasteiger partial charge on any atom is -0.495 e. The van der Waals surface area contributed by atoms with E-state index in [9.17, 15) is 4.79 Å².